The van der Waals surface area contributed by atoms with Crippen LogP contribution < -0.4 is 14.2 Å². The Morgan fingerprint density at radius 3 is 2.16 bits per heavy atom. The standard InChI is InChI=1S/C19H22N2O4/c1-23-17-11-14(12-18(13-17)24-2)19(22)21-9-5-16(6-10-21)25-15-3-7-20-8-4-15/h3-4,7-8,11-13,16H,5-6,9-10H2,1-2H3. The van der Waals surface area contributed by atoms with Crippen LogP contribution in [0.3, 0.4) is 0 Å². The van der Waals surface area contributed by atoms with E-state index in [9.17, 15) is 4.79 Å². The number of rotatable bonds is 5. The molecule has 2 heterocycles. The maximum absolute atomic E-state index is 12.8. The number of methoxy groups -OCH3 is 2. The number of carbonyl (C=O) groups is 1. The Kier molecular flexibility index (Phi) is 5.38. The normalized spacial score (nSPS) is 14.9. The summed E-state index contributed by atoms with van der Waals surface area (Å²) in [6.45, 7) is 1.32. The molecule has 0 atom stereocenters. The third-order valence-electron chi connectivity index (χ3n) is 4.28. The Balaban J connectivity index is 1.62. The first-order valence-electron chi connectivity index (χ1n) is 8.28. The highest BCUT2D eigenvalue weighted by Crippen LogP contribution is 2.25. The van der Waals surface area contributed by atoms with Crippen LogP contribution in [0.1, 0.15) is 23.2 Å². The molecule has 132 valence electrons. The van der Waals surface area contributed by atoms with Crippen LogP contribution in [0, 0.1) is 0 Å². The van der Waals surface area contributed by atoms with Crippen molar-refractivity contribution in [1.82, 2.24) is 9.88 Å². The second kappa shape index (κ2) is 7.88. The second-order valence-corrected chi connectivity index (χ2v) is 5.89. The number of piperidine rings is 1. The molecule has 0 bridgehead atoms. The zero-order valence-corrected chi connectivity index (χ0v) is 14.5. The Labute approximate surface area is 147 Å². The number of likely N-dealkylation sites (tertiary alicyclic amines) is 1. The first-order chi connectivity index (χ1) is 12.2. The van der Waals surface area contributed by atoms with E-state index in [0.29, 0.717) is 30.2 Å². The summed E-state index contributed by atoms with van der Waals surface area (Å²) in [5.41, 5.74) is 0.574. The maximum Gasteiger partial charge on any atom is 0.254 e. The maximum atomic E-state index is 12.8. The van der Waals surface area contributed by atoms with Crippen LogP contribution in [0.15, 0.2) is 42.7 Å². The molecule has 3 rings (SSSR count). The molecule has 0 saturated carbocycles. The van der Waals surface area contributed by atoms with E-state index >= 15 is 0 Å². The minimum atomic E-state index is -0.0143. The third kappa shape index (κ3) is 4.21. The number of nitrogens with zero attached hydrogens (tertiary/aromatic N) is 2. The van der Waals surface area contributed by atoms with Crippen molar-refractivity contribution in [2.75, 3.05) is 27.3 Å². The molecular formula is C19H22N2O4. The second-order valence-electron chi connectivity index (χ2n) is 5.89. The molecule has 1 aliphatic rings. The van der Waals surface area contributed by atoms with Crippen molar-refractivity contribution >= 4 is 5.91 Å². The summed E-state index contributed by atoms with van der Waals surface area (Å²) in [5, 5.41) is 0. The average molecular weight is 342 g/mol. The molecule has 1 amide bonds. The molecule has 1 saturated heterocycles. The molecular weight excluding hydrogens is 320 g/mol. The van der Waals surface area contributed by atoms with Crippen molar-refractivity contribution in [3.8, 4) is 17.2 Å². The van der Waals surface area contributed by atoms with E-state index in [1.165, 1.54) is 0 Å². The summed E-state index contributed by atoms with van der Waals surface area (Å²) >= 11 is 0. The van der Waals surface area contributed by atoms with Crippen LogP contribution >= 0.6 is 0 Å². The fraction of sp³-hybridized carbons (Fsp3) is 0.368. The van der Waals surface area contributed by atoms with Gasteiger partial charge in [0, 0.05) is 50.0 Å². The highest BCUT2D eigenvalue weighted by atomic mass is 16.5. The number of pyridine rings is 1. The van der Waals surface area contributed by atoms with E-state index in [1.54, 1.807) is 44.8 Å². The molecule has 1 aromatic heterocycles. The largest absolute Gasteiger partial charge is 0.497 e. The topological polar surface area (TPSA) is 60.9 Å². The summed E-state index contributed by atoms with van der Waals surface area (Å²) in [6.07, 6.45) is 5.14. The summed E-state index contributed by atoms with van der Waals surface area (Å²) in [4.78, 5) is 18.6. The van der Waals surface area contributed by atoms with Gasteiger partial charge in [-0.15, -0.1) is 0 Å². The predicted molar refractivity (Wildman–Crippen MR) is 93.3 cm³/mol. The third-order valence-corrected chi connectivity index (χ3v) is 4.28. The number of hydrogen-bond donors (Lipinski definition) is 0. The fourth-order valence-corrected chi connectivity index (χ4v) is 2.90. The molecule has 1 aromatic carbocycles. The Bertz CT molecular complexity index is 690. The zero-order valence-electron chi connectivity index (χ0n) is 14.5. The molecule has 6 nitrogen and oxygen atoms in total. The van der Waals surface area contributed by atoms with Gasteiger partial charge < -0.3 is 19.1 Å². The number of hydrogen-bond acceptors (Lipinski definition) is 5. The van der Waals surface area contributed by atoms with Gasteiger partial charge in [0.05, 0.1) is 14.2 Å². The number of ether oxygens (including phenoxy) is 3. The molecule has 0 radical (unpaired) electrons. The van der Waals surface area contributed by atoms with Gasteiger partial charge in [-0.3, -0.25) is 9.78 Å². The van der Waals surface area contributed by atoms with E-state index in [2.05, 4.69) is 4.98 Å². The smallest absolute Gasteiger partial charge is 0.254 e. The molecule has 1 fully saturated rings. The van der Waals surface area contributed by atoms with Crippen LogP contribution in [0.2, 0.25) is 0 Å². The van der Waals surface area contributed by atoms with E-state index in [0.717, 1.165) is 18.6 Å². The van der Waals surface area contributed by atoms with Gasteiger partial charge in [-0.1, -0.05) is 0 Å². The minimum Gasteiger partial charge on any atom is -0.497 e. The number of amides is 1. The molecule has 6 heteroatoms. The van der Waals surface area contributed by atoms with Crippen molar-refractivity contribution in [2.24, 2.45) is 0 Å². The number of carbonyl (C=O) groups excluding carboxylic acids is 1. The van der Waals surface area contributed by atoms with Crippen molar-refractivity contribution in [2.45, 2.75) is 18.9 Å². The summed E-state index contributed by atoms with van der Waals surface area (Å²) in [6, 6.07) is 8.93. The quantitative estimate of drug-likeness (QED) is 0.836. The Morgan fingerprint density at radius 2 is 1.60 bits per heavy atom. The van der Waals surface area contributed by atoms with Crippen LogP contribution in [-0.2, 0) is 0 Å². The van der Waals surface area contributed by atoms with Gasteiger partial charge in [-0.2, -0.15) is 0 Å². The molecule has 2 aromatic rings. The lowest BCUT2D eigenvalue weighted by molar-refractivity contribution is 0.0595. The van der Waals surface area contributed by atoms with Crippen LogP contribution in [0.25, 0.3) is 0 Å². The summed E-state index contributed by atoms with van der Waals surface area (Å²) in [5.74, 6) is 2.02. The van der Waals surface area contributed by atoms with E-state index in [4.69, 9.17) is 14.2 Å². The summed E-state index contributed by atoms with van der Waals surface area (Å²) < 4.78 is 16.4. The first kappa shape index (κ1) is 17.1. The van der Waals surface area contributed by atoms with E-state index in [-0.39, 0.29) is 12.0 Å². The average Bonchev–Trinajstić information content (AvgIpc) is 2.68. The highest BCUT2D eigenvalue weighted by molar-refractivity contribution is 5.95. The minimum absolute atomic E-state index is 0.0143. The molecule has 0 aliphatic carbocycles. The van der Waals surface area contributed by atoms with Gasteiger partial charge in [-0.05, 0) is 24.3 Å². The van der Waals surface area contributed by atoms with Crippen LogP contribution in [0.5, 0.6) is 17.2 Å². The van der Waals surface area contributed by atoms with Gasteiger partial charge in [0.25, 0.3) is 5.91 Å². The number of aromatic nitrogens is 1. The van der Waals surface area contributed by atoms with Gasteiger partial charge in [0.1, 0.15) is 23.4 Å². The predicted octanol–water partition coefficient (Wildman–Crippen LogP) is 2.78. The van der Waals surface area contributed by atoms with Gasteiger partial charge in [0.15, 0.2) is 0 Å². The van der Waals surface area contributed by atoms with E-state index < -0.39 is 0 Å². The van der Waals surface area contributed by atoms with Crippen molar-refractivity contribution in [3.63, 3.8) is 0 Å². The van der Waals surface area contributed by atoms with Gasteiger partial charge in [-0.25, -0.2) is 0 Å². The SMILES string of the molecule is COc1cc(OC)cc(C(=O)N2CCC(Oc3ccncc3)CC2)c1. The molecule has 0 N–H and O–H groups in total. The lowest BCUT2D eigenvalue weighted by atomic mass is 10.1. The van der Waals surface area contributed by atoms with Gasteiger partial charge in [0.2, 0.25) is 0 Å². The monoisotopic (exact) mass is 342 g/mol. The fourth-order valence-electron chi connectivity index (χ4n) is 2.90. The molecule has 1 aliphatic heterocycles. The summed E-state index contributed by atoms with van der Waals surface area (Å²) in [7, 11) is 3.15. The van der Waals surface area contributed by atoms with Crippen LogP contribution in [-0.4, -0.2) is 49.2 Å². The highest BCUT2D eigenvalue weighted by Gasteiger charge is 2.25. The van der Waals surface area contributed by atoms with Crippen molar-refractivity contribution in [3.05, 3.63) is 48.3 Å². The zero-order chi connectivity index (χ0) is 17.6. The molecule has 0 unspecified atom stereocenters. The van der Waals surface area contributed by atoms with Crippen molar-refractivity contribution in [1.29, 1.82) is 0 Å². The van der Waals surface area contributed by atoms with E-state index in [1.807, 2.05) is 17.0 Å². The van der Waals surface area contributed by atoms with Crippen molar-refractivity contribution < 1.29 is 19.0 Å². The first-order valence-corrected chi connectivity index (χ1v) is 8.28. The molecule has 0 spiro atoms. The molecule has 25 heavy (non-hydrogen) atoms. The Hall–Kier alpha value is -2.76. The van der Waals surface area contributed by atoms with Crippen LogP contribution in [0.4, 0.5) is 0 Å². The Morgan fingerprint density at radius 1 is 1.00 bits per heavy atom. The number of benzene rings is 1. The lowest BCUT2D eigenvalue weighted by Crippen LogP contribution is -2.41. The van der Waals surface area contributed by atoms with Gasteiger partial charge >= 0.3 is 0 Å². The lowest BCUT2D eigenvalue weighted by Gasteiger charge is -2.32.